The van der Waals surface area contributed by atoms with Gasteiger partial charge in [0.05, 0.1) is 6.04 Å². The lowest BCUT2D eigenvalue weighted by molar-refractivity contribution is -0.143. The van der Waals surface area contributed by atoms with E-state index in [1.54, 1.807) is 13.8 Å². The van der Waals surface area contributed by atoms with E-state index in [9.17, 15) is 33.9 Å². The molecule has 13 heteroatoms. The number of carboxylic acids is 1. The van der Waals surface area contributed by atoms with Gasteiger partial charge in [-0.3, -0.25) is 24.0 Å². The molecular formula is C24H36N6O7. The average Bonchev–Trinajstić information content (AvgIpc) is 2.82. The second-order valence-electron chi connectivity index (χ2n) is 9.00. The van der Waals surface area contributed by atoms with Crippen molar-refractivity contribution in [3.05, 3.63) is 35.9 Å². The highest BCUT2D eigenvalue weighted by Gasteiger charge is 2.32. The predicted octanol–water partition coefficient (Wildman–Crippen LogP) is -1.72. The van der Waals surface area contributed by atoms with E-state index in [0.29, 0.717) is 0 Å². The van der Waals surface area contributed by atoms with Crippen molar-refractivity contribution in [3.63, 3.8) is 0 Å². The van der Waals surface area contributed by atoms with Crippen LogP contribution in [-0.2, 0) is 35.2 Å². The van der Waals surface area contributed by atoms with Gasteiger partial charge in [-0.25, -0.2) is 4.79 Å². The van der Waals surface area contributed by atoms with E-state index in [-0.39, 0.29) is 32.1 Å². The smallest absolute Gasteiger partial charge is 0.326 e. The van der Waals surface area contributed by atoms with Crippen molar-refractivity contribution in [2.45, 2.75) is 70.1 Å². The summed E-state index contributed by atoms with van der Waals surface area (Å²) in [5, 5.41) is 16.6. The minimum atomic E-state index is -1.45. The van der Waals surface area contributed by atoms with Gasteiger partial charge in [-0.15, -0.1) is 0 Å². The van der Waals surface area contributed by atoms with Crippen LogP contribution >= 0.6 is 0 Å². The molecule has 0 saturated heterocycles. The molecule has 0 spiro atoms. The minimum Gasteiger partial charge on any atom is -0.480 e. The Labute approximate surface area is 214 Å². The fourth-order valence-corrected chi connectivity index (χ4v) is 3.39. The first kappa shape index (κ1) is 31.0. The van der Waals surface area contributed by atoms with Crippen LogP contribution in [0.25, 0.3) is 0 Å². The van der Waals surface area contributed by atoms with Crippen LogP contribution in [0.4, 0.5) is 0 Å². The molecule has 4 unspecified atom stereocenters. The molecule has 0 heterocycles. The van der Waals surface area contributed by atoms with Gasteiger partial charge in [-0.1, -0.05) is 44.2 Å². The molecule has 37 heavy (non-hydrogen) atoms. The van der Waals surface area contributed by atoms with Crippen LogP contribution in [0.2, 0.25) is 0 Å². The Morgan fingerprint density at radius 3 is 1.78 bits per heavy atom. The second kappa shape index (κ2) is 15.2. The molecule has 1 rings (SSSR count). The summed E-state index contributed by atoms with van der Waals surface area (Å²) < 4.78 is 0. The summed E-state index contributed by atoms with van der Waals surface area (Å²) in [6.45, 7) is 3.35. The van der Waals surface area contributed by atoms with E-state index >= 15 is 0 Å². The van der Waals surface area contributed by atoms with Gasteiger partial charge < -0.3 is 38.3 Å². The van der Waals surface area contributed by atoms with Crippen LogP contribution in [0.15, 0.2) is 30.3 Å². The maximum Gasteiger partial charge on any atom is 0.326 e. The average molecular weight is 521 g/mol. The maximum atomic E-state index is 13.1. The van der Waals surface area contributed by atoms with Crippen molar-refractivity contribution in [1.82, 2.24) is 16.0 Å². The molecule has 1 aromatic rings. The summed E-state index contributed by atoms with van der Waals surface area (Å²) in [6.07, 6.45) is -0.818. The Bertz CT molecular complexity index is 970. The first-order valence-corrected chi connectivity index (χ1v) is 11.8. The van der Waals surface area contributed by atoms with Crippen molar-refractivity contribution >= 4 is 35.5 Å². The third-order valence-corrected chi connectivity index (χ3v) is 5.49. The normalized spacial score (nSPS) is 14.1. The molecule has 5 amide bonds. The molecule has 1 aromatic carbocycles. The highest BCUT2D eigenvalue weighted by Crippen LogP contribution is 2.08. The molecule has 204 valence electrons. The Hall–Kier alpha value is -4.00. The highest BCUT2D eigenvalue weighted by atomic mass is 16.4. The van der Waals surface area contributed by atoms with E-state index in [1.165, 1.54) is 0 Å². The zero-order chi connectivity index (χ0) is 28.1. The van der Waals surface area contributed by atoms with Crippen LogP contribution in [-0.4, -0.2) is 64.8 Å². The van der Waals surface area contributed by atoms with Gasteiger partial charge in [0, 0.05) is 12.8 Å². The van der Waals surface area contributed by atoms with E-state index < -0.39 is 65.6 Å². The third kappa shape index (κ3) is 11.5. The van der Waals surface area contributed by atoms with E-state index in [4.69, 9.17) is 17.2 Å². The number of benzene rings is 1. The fraction of sp³-hybridized carbons (Fsp3) is 0.500. The second-order valence-corrected chi connectivity index (χ2v) is 9.00. The first-order valence-electron chi connectivity index (χ1n) is 11.8. The summed E-state index contributed by atoms with van der Waals surface area (Å²) in [5.41, 5.74) is 17.1. The number of amides is 5. The predicted molar refractivity (Wildman–Crippen MR) is 133 cm³/mol. The third-order valence-electron chi connectivity index (χ3n) is 5.49. The van der Waals surface area contributed by atoms with Crippen LogP contribution in [0.5, 0.6) is 0 Å². The maximum absolute atomic E-state index is 13.1. The van der Waals surface area contributed by atoms with Gasteiger partial charge in [-0.2, -0.15) is 0 Å². The Balaban J connectivity index is 2.95. The first-order chi connectivity index (χ1) is 17.3. The molecule has 0 bridgehead atoms. The van der Waals surface area contributed by atoms with E-state index in [1.807, 2.05) is 30.3 Å². The van der Waals surface area contributed by atoms with Crippen molar-refractivity contribution < 1.29 is 33.9 Å². The topological polar surface area (TPSA) is 237 Å². The van der Waals surface area contributed by atoms with Crippen molar-refractivity contribution in [3.8, 4) is 0 Å². The molecular weight excluding hydrogens is 484 g/mol. The molecule has 0 radical (unpaired) electrons. The number of hydrogen-bond acceptors (Lipinski definition) is 7. The molecule has 0 fully saturated rings. The zero-order valence-corrected chi connectivity index (χ0v) is 20.9. The largest absolute Gasteiger partial charge is 0.480 e. The molecule has 0 aliphatic carbocycles. The van der Waals surface area contributed by atoms with Crippen LogP contribution in [0, 0.1) is 5.92 Å². The van der Waals surface area contributed by atoms with E-state index in [0.717, 1.165) is 5.56 Å². The Kier molecular flexibility index (Phi) is 12.7. The number of primary amides is 2. The van der Waals surface area contributed by atoms with Crippen molar-refractivity contribution in [2.75, 3.05) is 0 Å². The van der Waals surface area contributed by atoms with Crippen LogP contribution in [0.3, 0.4) is 0 Å². The van der Waals surface area contributed by atoms with Gasteiger partial charge in [0.2, 0.25) is 29.5 Å². The van der Waals surface area contributed by atoms with Crippen LogP contribution < -0.4 is 33.2 Å². The van der Waals surface area contributed by atoms with Crippen molar-refractivity contribution in [1.29, 1.82) is 0 Å². The number of hydrogen-bond donors (Lipinski definition) is 7. The highest BCUT2D eigenvalue weighted by molar-refractivity contribution is 5.94. The number of aliphatic carboxylic acids is 1. The molecule has 0 aliphatic rings. The number of nitrogens with two attached hydrogens (primary N) is 3. The number of rotatable bonds is 16. The van der Waals surface area contributed by atoms with Gasteiger partial charge in [0.15, 0.2) is 0 Å². The number of carboxylic acid groups (broad SMARTS) is 1. The fourth-order valence-electron chi connectivity index (χ4n) is 3.39. The molecule has 4 atom stereocenters. The van der Waals surface area contributed by atoms with Gasteiger partial charge in [0.25, 0.3) is 0 Å². The minimum absolute atomic E-state index is 0.221. The lowest BCUT2D eigenvalue weighted by Gasteiger charge is -2.27. The number of carbonyl (C=O) groups excluding carboxylic acids is 5. The van der Waals surface area contributed by atoms with E-state index in [2.05, 4.69) is 16.0 Å². The molecule has 0 saturated carbocycles. The van der Waals surface area contributed by atoms with Crippen molar-refractivity contribution in [2.24, 2.45) is 23.1 Å². The SMILES string of the molecule is CC(C)C(NC(=O)C(N)Cc1ccccc1)C(=O)NC(CCC(N)=O)C(=O)NC(CCC(N)=O)C(=O)O. The summed E-state index contributed by atoms with van der Waals surface area (Å²) in [4.78, 5) is 72.3. The Morgan fingerprint density at radius 1 is 0.784 bits per heavy atom. The van der Waals surface area contributed by atoms with Gasteiger partial charge in [-0.05, 0) is 30.7 Å². The monoisotopic (exact) mass is 520 g/mol. The Morgan fingerprint density at radius 2 is 1.30 bits per heavy atom. The van der Waals surface area contributed by atoms with Crippen LogP contribution in [0.1, 0.15) is 45.1 Å². The number of carbonyl (C=O) groups is 6. The molecule has 0 aromatic heterocycles. The lowest BCUT2D eigenvalue weighted by atomic mass is 10.00. The van der Waals surface area contributed by atoms with Gasteiger partial charge >= 0.3 is 5.97 Å². The standard InChI is InChI=1S/C24H36N6O7/c1-13(2)20(30-21(33)15(25)12-14-6-4-3-5-7-14)23(35)28-16(8-10-18(26)31)22(34)29-17(24(36)37)9-11-19(27)32/h3-7,13,15-17,20H,8-12,25H2,1-2H3,(H2,26,31)(H2,27,32)(H,28,35)(H,29,34)(H,30,33)(H,36,37). The molecule has 0 aliphatic heterocycles. The zero-order valence-electron chi connectivity index (χ0n) is 20.9. The summed E-state index contributed by atoms with van der Waals surface area (Å²) in [5.74, 6) is -5.51. The summed E-state index contributed by atoms with van der Waals surface area (Å²) >= 11 is 0. The van der Waals surface area contributed by atoms with Gasteiger partial charge in [0.1, 0.15) is 18.1 Å². The number of nitrogens with one attached hydrogen (secondary N) is 3. The lowest BCUT2D eigenvalue weighted by Crippen LogP contribution is -2.58. The quantitative estimate of drug-likeness (QED) is 0.132. The molecule has 10 N–H and O–H groups in total. The summed E-state index contributed by atoms with van der Waals surface area (Å²) in [7, 11) is 0. The summed E-state index contributed by atoms with van der Waals surface area (Å²) in [6, 6.07) is 4.27. The molecule has 13 nitrogen and oxygen atoms in total.